The molecule has 1 aliphatic rings. The molecular formula is C53H69N3O2. The maximum absolute atomic E-state index is 6.47. The molecule has 0 saturated carbocycles. The van der Waals surface area contributed by atoms with Crippen molar-refractivity contribution >= 4 is 0 Å². The van der Waals surface area contributed by atoms with Gasteiger partial charge in [0.1, 0.15) is 24.7 Å². The van der Waals surface area contributed by atoms with Crippen LogP contribution in [0.5, 0.6) is 11.5 Å². The molecule has 0 atom stereocenters. The van der Waals surface area contributed by atoms with Gasteiger partial charge in [0.25, 0.3) is 0 Å². The molecular weight excluding hydrogens is 711 g/mol. The number of nitrogens with zero attached hydrogens (tertiary/aromatic N) is 3. The standard InChI is InChI=1S/C53H69N3O2/c1-51(2,3)46-24-18-41(19-25-46)36-54-30-32-55(37-42-20-26-47(27-21-42)52(4,5)6)39-44-14-10-12-16-49(44)57-34-35-58-50-17-13-11-15-45(50)40-56(33-31-54)38-43-22-28-48(29-23-43)53(7,8)9/h10-29H,30-40H2,1-9H3. The molecule has 0 aliphatic carbocycles. The molecule has 0 aromatic heterocycles. The molecule has 5 nitrogen and oxygen atoms in total. The van der Waals surface area contributed by atoms with Crippen molar-refractivity contribution in [1.82, 2.24) is 14.7 Å². The van der Waals surface area contributed by atoms with Gasteiger partial charge < -0.3 is 9.47 Å². The topological polar surface area (TPSA) is 28.2 Å². The normalized spacial score (nSPS) is 16.1. The first kappa shape index (κ1) is 43.2. The second kappa shape index (κ2) is 19.1. The average Bonchev–Trinajstić information content (AvgIpc) is 3.18. The predicted octanol–water partition coefficient (Wildman–Crippen LogP) is 11.6. The first-order chi connectivity index (χ1) is 27.6. The van der Waals surface area contributed by atoms with Crippen LogP contribution < -0.4 is 9.47 Å². The summed E-state index contributed by atoms with van der Waals surface area (Å²) in [6.07, 6.45) is 0. The van der Waals surface area contributed by atoms with Gasteiger partial charge in [0.2, 0.25) is 0 Å². The van der Waals surface area contributed by atoms with Gasteiger partial charge in [0.05, 0.1) is 0 Å². The third kappa shape index (κ3) is 12.5. The fourth-order valence-electron chi connectivity index (χ4n) is 7.70. The lowest BCUT2D eigenvalue weighted by molar-refractivity contribution is 0.158. The molecule has 0 unspecified atom stereocenters. The predicted molar refractivity (Wildman–Crippen MR) is 243 cm³/mol. The zero-order valence-corrected chi connectivity index (χ0v) is 37.0. The Morgan fingerprint density at radius 2 is 0.672 bits per heavy atom. The minimum absolute atomic E-state index is 0.121. The lowest BCUT2D eigenvalue weighted by Gasteiger charge is -2.31. The molecule has 0 bridgehead atoms. The zero-order chi connectivity index (χ0) is 41.3. The molecule has 6 rings (SSSR count). The van der Waals surface area contributed by atoms with Gasteiger partial charge >= 0.3 is 0 Å². The largest absolute Gasteiger partial charge is 0.490 e. The summed E-state index contributed by atoms with van der Waals surface area (Å²) in [5, 5.41) is 0. The molecule has 5 heteroatoms. The molecule has 5 aromatic carbocycles. The van der Waals surface area contributed by atoms with E-state index in [1.807, 2.05) is 0 Å². The van der Waals surface area contributed by atoms with Crippen LogP contribution >= 0.6 is 0 Å². The molecule has 1 aliphatic heterocycles. The van der Waals surface area contributed by atoms with Crippen LogP contribution in [0.1, 0.15) is 107 Å². The molecule has 58 heavy (non-hydrogen) atoms. The van der Waals surface area contributed by atoms with E-state index in [1.165, 1.54) is 44.5 Å². The summed E-state index contributed by atoms with van der Waals surface area (Å²) in [4.78, 5) is 7.87. The number of rotatable bonds is 6. The van der Waals surface area contributed by atoms with Gasteiger partial charge in [-0.3, -0.25) is 14.7 Å². The maximum Gasteiger partial charge on any atom is 0.123 e. The SMILES string of the molecule is CC(C)(C)c1ccc(CN2CCN(Cc3ccc(C(C)(C)C)cc3)Cc3ccccc3OCCOc3ccccc3CN(Cc3ccc(C(C)(C)C)cc3)CC2)cc1. The van der Waals surface area contributed by atoms with Crippen LogP contribution in [0.25, 0.3) is 0 Å². The molecule has 0 saturated heterocycles. The third-order valence-electron chi connectivity index (χ3n) is 11.5. The maximum atomic E-state index is 6.47. The van der Waals surface area contributed by atoms with Crippen LogP contribution in [0, 0.1) is 0 Å². The van der Waals surface area contributed by atoms with E-state index in [0.29, 0.717) is 13.2 Å². The lowest BCUT2D eigenvalue weighted by atomic mass is 9.86. The van der Waals surface area contributed by atoms with Crippen molar-refractivity contribution in [1.29, 1.82) is 0 Å². The third-order valence-corrected chi connectivity index (χ3v) is 11.5. The highest BCUT2D eigenvalue weighted by Gasteiger charge is 2.20. The minimum atomic E-state index is 0.121. The first-order valence-corrected chi connectivity index (χ1v) is 21.5. The van der Waals surface area contributed by atoms with Gasteiger partial charge in [-0.15, -0.1) is 0 Å². The van der Waals surface area contributed by atoms with Crippen LogP contribution in [0.2, 0.25) is 0 Å². The lowest BCUT2D eigenvalue weighted by Crippen LogP contribution is -2.39. The summed E-state index contributed by atoms with van der Waals surface area (Å²) in [6, 6.07) is 44.9. The molecule has 0 spiro atoms. The van der Waals surface area contributed by atoms with Gasteiger partial charge in [0, 0.05) is 70.0 Å². The number of benzene rings is 5. The van der Waals surface area contributed by atoms with Crippen molar-refractivity contribution < 1.29 is 9.47 Å². The monoisotopic (exact) mass is 780 g/mol. The molecule has 1 heterocycles. The summed E-state index contributed by atoms with van der Waals surface area (Å²) in [7, 11) is 0. The van der Waals surface area contributed by atoms with Crippen LogP contribution in [0.3, 0.4) is 0 Å². The Morgan fingerprint density at radius 1 is 0.379 bits per heavy atom. The van der Waals surface area contributed by atoms with Crippen LogP contribution in [0.15, 0.2) is 121 Å². The molecule has 5 aromatic rings. The van der Waals surface area contributed by atoms with E-state index in [-0.39, 0.29) is 16.2 Å². The van der Waals surface area contributed by atoms with Gasteiger partial charge in [-0.05, 0) is 61.8 Å². The minimum Gasteiger partial charge on any atom is -0.490 e. The van der Waals surface area contributed by atoms with Gasteiger partial charge in [-0.1, -0.05) is 172 Å². The van der Waals surface area contributed by atoms with E-state index < -0.39 is 0 Å². The van der Waals surface area contributed by atoms with E-state index in [2.05, 4.69) is 198 Å². The fourth-order valence-corrected chi connectivity index (χ4v) is 7.70. The summed E-state index contributed by atoms with van der Waals surface area (Å²) < 4.78 is 12.9. The first-order valence-electron chi connectivity index (χ1n) is 21.5. The molecule has 308 valence electrons. The van der Waals surface area contributed by atoms with E-state index >= 15 is 0 Å². The van der Waals surface area contributed by atoms with Crippen molar-refractivity contribution in [3.8, 4) is 11.5 Å². The van der Waals surface area contributed by atoms with Crippen LogP contribution in [-0.2, 0) is 49.0 Å². The summed E-state index contributed by atoms with van der Waals surface area (Å²) in [5.74, 6) is 1.85. The summed E-state index contributed by atoms with van der Waals surface area (Å²) in [5.41, 5.74) is 10.9. The summed E-state index contributed by atoms with van der Waals surface area (Å²) in [6.45, 7) is 29.5. The van der Waals surface area contributed by atoms with Crippen molar-refractivity contribution in [3.05, 3.63) is 166 Å². The van der Waals surface area contributed by atoms with E-state index in [4.69, 9.17) is 9.47 Å². The zero-order valence-electron chi connectivity index (χ0n) is 37.0. The van der Waals surface area contributed by atoms with Crippen LogP contribution in [-0.4, -0.2) is 54.1 Å². The second-order valence-electron chi connectivity index (χ2n) is 19.5. The van der Waals surface area contributed by atoms with Crippen molar-refractivity contribution in [2.45, 2.75) is 111 Å². The Kier molecular flexibility index (Phi) is 14.2. The molecule has 0 amide bonds. The second-order valence-corrected chi connectivity index (χ2v) is 19.5. The van der Waals surface area contributed by atoms with E-state index in [9.17, 15) is 0 Å². The number of hydrogen-bond donors (Lipinski definition) is 0. The Morgan fingerprint density at radius 3 is 1.00 bits per heavy atom. The van der Waals surface area contributed by atoms with Crippen molar-refractivity contribution in [2.24, 2.45) is 0 Å². The highest BCUT2D eigenvalue weighted by molar-refractivity contribution is 5.36. The number of hydrogen-bond acceptors (Lipinski definition) is 5. The Hall–Kier alpha value is -4.42. The highest BCUT2D eigenvalue weighted by atomic mass is 16.5. The van der Waals surface area contributed by atoms with E-state index in [0.717, 1.165) is 70.4 Å². The van der Waals surface area contributed by atoms with Crippen LogP contribution in [0.4, 0.5) is 0 Å². The summed E-state index contributed by atoms with van der Waals surface area (Å²) >= 11 is 0. The molecule has 0 N–H and O–H groups in total. The Bertz CT molecular complexity index is 1900. The number of ether oxygens (including phenoxy) is 2. The number of fused-ring (bicyclic) bond motifs is 2. The van der Waals surface area contributed by atoms with Crippen molar-refractivity contribution in [2.75, 3.05) is 39.4 Å². The van der Waals surface area contributed by atoms with E-state index in [1.54, 1.807) is 0 Å². The fraction of sp³-hybridized carbons (Fsp3) is 0.434. The van der Waals surface area contributed by atoms with Gasteiger partial charge in [0.15, 0.2) is 0 Å². The molecule has 0 fully saturated rings. The number of para-hydroxylation sites is 2. The molecule has 0 radical (unpaired) electrons. The highest BCUT2D eigenvalue weighted by Crippen LogP contribution is 2.28. The Balaban J connectivity index is 1.32. The quantitative estimate of drug-likeness (QED) is 0.171. The smallest absolute Gasteiger partial charge is 0.123 e. The van der Waals surface area contributed by atoms with Gasteiger partial charge in [-0.2, -0.15) is 0 Å². The Labute approximate surface area is 351 Å². The average molecular weight is 780 g/mol. The van der Waals surface area contributed by atoms with Crippen molar-refractivity contribution in [3.63, 3.8) is 0 Å². The van der Waals surface area contributed by atoms with Gasteiger partial charge in [-0.25, -0.2) is 0 Å².